The molecule has 0 rings (SSSR count). The van der Waals surface area contributed by atoms with Crippen LogP contribution in [-0.2, 0) is 0 Å². The highest BCUT2D eigenvalue weighted by molar-refractivity contribution is 4.67. The fourth-order valence-electron chi connectivity index (χ4n) is 1.11. The predicted molar refractivity (Wildman–Crippen MR) is 47.8 cm³/mol. The summed E-state index contributed by atoms with van der Waals surface area (Å²) in [6.45, 7) is 5.60. The molecule has 70 valence electrons. The average Bonchev–Trinajstić information content (AvgIpc) is 1.59. The van der Waals surface area contributed by atoms with Gasteiger partial charge < -0.3 is 23.4 Å². The molecule has 5 nitrogen and oxygen atoms in total. The standard InChI is InChI=1S/C6H18N4.H3N/c1-4(7)10(5(2)8)6(3)9;/h4-6H,7-9H2,1-3H3;1H3. The quantitative estimate of drug-likeness (QED) is 0.413. The van der Waals surface area contributed by atoms with Crippen LogP contribution in [0.25, 0.3) is 0 Å². The summed E-state index contributed by atoms with van der Waals surface area (Å²) in [5.41, 5.74) is 16.8. The fourth-order valence-corrected chi connectivity index (χ4v) is 1.11. The molecule has 0 aliphatic carbocycles. The Balaban J connectivity index is 0. The van der Waals surface area contributed by atoms with Crippen LogP contribution in [0.5, 0.6) is 0 Å². The van der Waals surface area contributed by atoms with E-state index in [1.807, 2.05) is 25.7 Å². The minimum atomic E-state index is -0.0833. The summed E-state index contributed by atoms with van der Waals surface area (Å²) in [6, 6.07) is 0. The van der Waals surface area contributed by atoms with Crippen molar-refractivity contribution in [1.29, 1.82) is 0 Å². The molecule has 0 bridgehead atoms. The highest BCUT2D eigenvalue weighted by Crippen LogP contribution is 1.98. The Morgan fingerprint density at radius 2 is 1.00 bits per heavy atom. The Hall–Kier alpha value is -0.200. The lowest BCUT2D eigenvalue weighted by Crippen LogP contribution is -2.56. The van der Waals surface area contributed by atoms with E-state index in [1.165, 1.54) is 0 Å². The molecule has 3 unspecified atom stereocenters. The normalized spacial score (nSPS) is 18.8. The Morgan fingerprint density at radius 1 is 0.818 bits per heavy atom. The number of nitrogens with zero attached hydrogens (tertiary/aromatic N) is 1. The van der Waals surface area contributed by atoms with Gasteiger partial charge in [0, 0.05) is 0 Å². The van der Waals surface area contributed by atoms with Gasteiger partial charge in [-0.15, -0.1) is 0 Å². The maximum absolute atomic E-state index is 5.60. The summed E-state index contributed by atoms with van der Waals surface area (Å²) in [7, 11) is 0. The molecule has 0 fully saturated rings. The van der Waals surface area contributed by atoms with Crippen molar-refractivity contribution in [2.75, 3.05) is 0 Å². The molecule has 0 saturated carbocycles. The molecular formula is C6H21N5. The first kappa shape index (κ1) is 13.4. The highest BCUT2D eigenvalue weighted by atomic mass is 15.3. The molecular weight excluding hydrogens is 142 g/mol. The van der Waals surface area contributed by atoms with E-state index >= 15 is 0 Å². The molecule has 0 spiro atoms. The van der Waals surface area contributed by atoms with Gasteiger partial charge in [0.05, 0.1) is 18.5 Å². The zero-order valence-electron chi connectivity index (χ0n) is 7.62. The summed E-state index contributed by atoms with van der Waals surface area (Å²) < 4.78 is 0. The van der Waals surface area contributed by atoms with Crippen LogP contribution >= 0.6 is 0 Å². The summed E-state index contributed by atoms with van der Waals surface area (Å²) in [4.78, 5) is 1.83. The largest absolute Gasteiger partial charge is 0.344 e. The lowest BCUT2D eigenvalue weighted by atomic mass is 10.3. The minimum Gasteiger partial charge on any atom is -0.344 e. The SMILES string of the molecule is CC(N)N(C(C)N)C(C)N.N. The average molecular weight is 163 g/mol. The molecule has 0 saturated heterocycles. The van der Waals surface area contributed by atoms with Crippen molar-refractivity contribution in [1.82, 2.24) is 11.1 Å². The van der Waals surface area contributed by atoms with Gasteiger partial charge in [0.1, 0.15) is 0 Å². The number of hydrogen-bond acceptors (Lipinski definition) is 5. The van der Waals surface area contributed by atoms with Gasteiger partial charge in [0.2, 0.25) is 0 Å². The van der Waals surface area contributed by atoms with E-state index in [2.05, 4.69) is 0 Å². The number of hydrogen-bond donors (Lipinski definition) is 4. The summed E-state index contributed by atoms with van der Waals surface area (Å²) in [5, 5.41) is 0. The Kier molecular flexibility index (Phi) is 6.64. The van der Waals surface area contributed by atoms with Crippen LogP contribution in [0.1, 0.15) is 20.8 Å². The second kappa shape index (κ2) is 5.45. The van der Waals surface area contributed by atoms with E-state index in [1.54, 1.807) is 0 Å². The van der Waals surface area contributed by atoms with Crippen molar-refractivity contribution >= 4 is 0 Å². The third-order valence-corrected chi connectivity index (χ3v) is 1.41. The minimum absolute atomic E-state index is 0. The van der Waals surface area contributed by atoms with E-state index in [0.29, 0.717) is 0 Å². The van der Waals surface area contributed by atoms with Gasteiger partial charge in [-0.05, 0) is 20.8 Å². The second-order valence-electron chi connectivity index (χ2n) is 2.67. The van der Waals surface area contributed by atoms with Gasteiger partial charge in [0.25, 0.3) is 0 Å². The fraction of sp³-hybridized carbons (Fsp3) is 1.00. The third-order valence-electron chi connectivity index (χ3n) is 1.41. The monoisotopic (exact) mass is 163 g/mol. The van der Waals surface area contributed by atoms with Crippen LogP contribution in [0.15, 0.2) is 0 Å². The van der Waals surface area contributed by atoms with Crippen molar-refractivity contribution in [3.8, 4) is 0 Å². The predicted octanol–water partition coefficient (Wildman–Crippen LogP) is -0.635. The first-order valence-electron chi connectivity index (χ1n) is 3.51. The van der Waals surface area contributed by atoms with Gasteiger partial charge >= 0.3 is 0 Å². The first-order chi connectivity index (χ1) is 4.46. The lowest BCUT2D eigenvalue weighted by molar-refractivity contribution is 0.113. The van der Waals surface area contributed by atoms with Gasteiger partial charge in [-0.3, -0.25) is 4.90 Å². The molecule has 0 radical (unpaired) electrons. The van der Waals surface area contributed by atoms with Crippen molar-refractivity contribution in [3.05, 3.63) is 0 Å². The summed E-state index contributed by atoms with van der Waals surface area (Å²) >= 11 is 0. The van der Waals surface area contributed by atoms with Gasteiger partial charge in [-0.2, -0.15) is 0 Å². The third kappa shape index (κ3) is 4.28. The summed E-state index contributed by atoms with van der Waals surface area (Å²) in [5.74, 6) is 0. The van der Waals surface area contributed by atoms with E-state index in [9.17, 15) is 0 Å². The number of rotatable bonds is 3. The molecule has 0 amide bonds. The summed E-state index contributed by atoms with van der Waals surface area (Å²) in [6.07, 6.45) is -0.250. The van der Waals surface area contributed by atoms with E-state index in [4.69, 9.17) is 17.2 Å². The molecule has 0 aliphatic heterocycles. The van der Waals surface area contributed by atoms with Crippen LogP contribution < -0.4 is 23.4 Å². The second-order valence-corrected chi connectivity index (χ2v) is 2.67. The van der Waals surface area contributed by atoms with E-state index in [0.717, 1.165) is 0 Å². The van der Waals surface area contributed by atoms with Crippen molar-refractivity contribution in [2.45, 2.75) is 39.3 Å². The van der Waals surface area contributed by atoms with E-state index in [-0.39, 0.29) is 24.6 Å². The molecule has 0 aromatic heterocycles. The molecule has 0 aromatic carbocycles. The Morgan fingerprint density at radius 3 is 1.00 bits per heavy atom. The van der Waals surface area contributed by atoms with Crippen LogP contribution in [0.2, 0.25) is 0 Å². The first-order valence-corrected chi connectivity index (χ1v) is 3.51. The van der Waals surface area contributed by atoms with Crippen LogP contribution in [-0.4, -0.2) is 23.4 Å². The molecule has 3 atom stereocenters. The number of nitrogens with two attached hydrogens (primary N) is 3. The van der Waals surface area contributed by atoms with Crippen LogP contribution in [0, 0.1) is 0 Å². The molecule has 0 heterocycles. The zero-order valence-corrected chi connectivity index (χ0v) is 7.62. The molecule has 0 aliphatic rings. The Labute approximate surface area is 68.5 Å². The van der Waals surface area contributed by atoms with Crippen molar-refractivity contribution in [2.24, 2.45) is 17.2 Å². The molecule has 9 N–H and O–H groups in total. The van der Waals surface area contributed by atoms with Crippen LogP contribution in [0.3, 0.4) is 0 Å². The molecule has 5 heteroatoms. The topological polar surface area (TPSA) is 116 Å². The van der Waals surface area contributed by atoms with Gasteiger partial charge in [-0.1, -0.05) is 0 Å². The van der Waals surface area contributed by atoms with Gasteiger partial charge in [0.15, 0.2) is 0 Å². The zero-order chi connectivity index (χ0) is 8.31. The highest BCUT2D eigenvalue weighted by Gasteiger charge is 2.16. The van der Waals surface area contributed by atoms with Crippen LogP contribution in [0.4, 0.5) is 0 Å². The Bertz CT molecular complexity index is 72.0. The van der Waals surface area contributed by atoms with E-state index < -0.39 is 0 Å². The smallest absolute Gasteiger partial charge is 0.0571 e. The lowest BCUT2D eigenvalue weighted by Gasteiger charge is -2.33. The van der Waals surface area contributed by atoms with Crippen molar-refractivity contribution < 1.29 is 0 Å². The molecule has 11 heavy (non-hydrogen) atoms. The molecule has 0 aromatic rings. The maximum atomic E-state index is 5.60. The van der Waals surface area contributed by atoms with Crippen molar-refractivity contribution in [3.63, 3.8) is 0 Å². The maximum Gasteiger partial charge on any atom is 0.0571 e. The van der Waals surface area contributed by atoms with Gasteiger partial charge in [-0.25, -0.2) is 0 Å².